The predicted molar refractivity (Wildman–Crippen MR) is 76.2 cm³/mol. The predicted octanol–water partition coefficient (Wildman–Crippen LogP) is 3.17. The Labute approximate surface area is 120 Å². The molecule has 0 saturated carbocycles. The fraction of sp³-hybridized carbons (Fsp3) is 0.133. The minimum Gasteiger partial charge on any atom is -0.488 e. The number of nitrogens with one attached hydrogen (secondary N) is 1. The molecule has 0 aliphatic heterocycles. The van der Waals surface area contributed by atoms with E-state index in [1.807, 2.05) is 0 Å². The van der Waals surface area contributed by atoms with Crippen LogP contribution in [0.15, 0.2) is 48.5 Å². The molecule has 110 valence electrons. The average molecular weight is 292 g/mol. The van der Waals surface area contributed by atoms with Crippen molar-refractivity contribution < 1.29 is 18.3 Å². The summed E-state index contributed by atoms with van der Waals surface area (Å²) in [6, 6.07) is 13.3. The summed E-state index contributed by atoms with van der Waals surface area (Å²) in [6.07, 6.45) is -2.51. The van der Waals surface area contributed by atoms with Gasteiger partial charge >= 0.3 is 0 Å². The van der Waals surface area contributed by atoms with Gasteiger partial charge in [-0.1, -0.05) is 6.07 Å². The Hall–Kier alpha value is -2.63. The first kappa shape index (κ1) is 14.8. The van der Waals surface area contributed by atoms with Gasteiger partial charge in [0.25, 0.3) is 6.43 Å². The van der Waals surface area contributed by atoms with Crippen LogP contribution in [-0.2, 0) is 0 Å². The molecule has 0 heterocycles. The van der Waals surface area contributed by atoms with Gasteiger partial charge in [-0.25, -0.2) is 8.78 Å². The van der Waals surface area contributed by atoms with Crippen molar-refractivity contribution in [2.24, 2.45) is 5.73 Å². The second kappa shape index (κ2) is 6.69. The lowest BCUT2D eigenvalue weighted by Gasteiger charge is -2.10. The van der Waals surface area contributed by atoms with E-state index in [1.165, 1.54) is 0 Å². The van der Waals surface area contributed by atoms with Crippen molar-refractivity contribution in [2.75, 3.05) is 11.9 Å². The quantitative estimate of drug-likeness (QED) is 0.859. The van der Waals surface area contributed by atoms with E-state index >= 15 is 0 Å². The van der Waals surface area contributed by atoms with E-state index in [1.54, 1.807) is 48.5 Å². The highest BCUT2D eigenvalue weighted by Gasteiger charge is 2.04. The second-order valence-corrected chi connectivity index (χ2v) is 4.30. The van der Waals surface area contributed by atoms with Crippen LogP contribution in [0, 0.1) is 0 Å². The molecular formula is C15H14F2N2O2. The lowest BCUT2D eigenvalue weighted by atomic mass is 10.2. The number of anilines is 2. The Morgan fingerprint density at radius 3 is 2.48 bits per heavy atom. The fourth-order valence-electron chi connectivity index (χ4n) is 1.71. The first-order chi connectivity index (χ1) is 10.0. The maximum absolute atomic E-state index is 12.1. The zero-order valence-corrected chi connectivity index (χ0v) is 11.1. The molecule has 0 spiro atoms. The first-order valence-corrected chi connectivity index (χ1v) is 6.22. The second-order valence-electron chi connectivity index (χ2n) is 4.30. The van der Waals surface area contributed by atoms with E-state index in [0.717, 1.165) is 5.69 Å². The molecule has 0 aliphatic carbocycles. The van der Waals surface area contributed by atoms with E-state index < -0.39 is 18.9 Å². The molecular weight excluding hydrogens is 278 g/mol. The van der Waals surface area contributed by atoms with Crippen LogP contribution in [0.5, 0.6) is 5.75 Å². The molecule has 21 heavy (non-hydrogen) atoms. The van der Waals surface area contributed by atoms with Crippen LogP contribution >= 0.6 is 0 Å². The molecule has 1 amide bonds. The first-order valence-electron chi connectivity index (χ1n) is 6.22. The zero-order chi connectivity index (χ0) is 15.2. The van der Waals surface area contributed by atoms with Crippen molar-refractivity contribution in [3.8, 4) is 5.75 Å². The molecule has 2 aromatic carbocycles. The van der Waals surface area contributed by atoms with Gasteiger partial charge in [-0.15, -0.1) is 0 Å². The molecule has 0 atom stereocenters. The minimum absolute atomic E-state index is 0.356. The van der Waals surface area contributed by atoms with Gasteiger partial charge in [0.1, 0.15) is 12.4 Å². The van der Waals surface area contributed by atoms with E-state index in [-0.39, 0.29) is 0 Å². The number of rotatable bonds is 6. The summed E-state index contributed by atoms with van der Waals surface area (Å²) in [7, 11) is 0. The Morgan fingerprint density at radius 1 is 1.14 bits per heavy atom. The van der Waals surface area contributed by atoms with Crippen LogP contribution in [0.1, 0.15) is 10.4 Å². The van der Waals surface area contributed by atoms with Crippen molar-refractivity contribution in [3.63, 3.8) is 0 Å². The molecule has 0 saturated heterocycles. The lowest BCUT2D eigenvalue weighted by Crippen LogP contribution is -2.10. The Bertz CT molecular complexity index is 615. The Morgan fingerprint density at radius 2 is 1.86 bits per heavy atom. The van der Waals surface area contributed by atoms with Crippen molar-refractivity contribution in [1.82, 2.24) is 0 Å². The van der Waals surface area contributed by atoms with Crippen LogP contribution in [0.2, 0.25) is 0 Å². The molecule has 0 fully saturated rings. The molecule has 0 aromatic heterocycles. The summed E-state index contributed by atoms with van der Waals surface area (Å²) in [6.45, 7) is -0.642. The maximum Gasteiger partial charge on any atom is 0.272 e. The Balaban J connectivity index is 2.05. The number of amides is 1. The molecule has 3 N–H and O–H groups in total. The van der Waals surface area contributed by atoms with E-state index in [9.17, 15) is 13.6 Å². The van der Waals surface area contributed by atoms with Gasteiger partial charge in [0, 0.05) is 23.0 Å². The van der Waals surface area contributed by atoms with E-state index in [0.29, 0.717) is 17.0 Å². The number of benzene rings is 2. The highest BCUT2D eigenvalue weighted by Crippen LogP contribution is 2.22. The third-order valence-electron chi connectivity index (χ3n) is 2.67. The summed E-state index contributed by atoms with van der Waals surface area (Å²) >= 11 is 0. The number of alkyl halides is 2. The normalized spacial score (nSPS) is 10.4. The molecule has 4 nitrogen and oxygen atoms in total. The Kier molecular flexibility index (Phi) is 4.71. The van der Waals surface area contributed by atoms with Gasteiger partial charge < -0.3 is 15.8 Å². The number of hydrogen-bond acceptors (Lipinski definition) is 3. The van der Waals surface area contributed by atoms with Gasteiger partial charge in [0.2, 0.25) is 5.91 Å². The standard InChI is InChI=1S/C15H14F2N2O2/c16-14(17)9-21-13-3-1-2-12(8-13)19-11-6-4-10(5-7-11)15(18)20/h1-8,14,19H,9H2,(H2,18,20). The van der Waals surface area contributed by atoms with Crippen LogP contribution in [0.4, 0.5) is 20.2 Å². The fourth-order valence-corrected chi connectivity index (χ4v) is 1.71. The largest absolute Gasteiger partial charge is 0.488 e. The lowest BCUT2D eigenvalue weighted by molar-refractivity contribution is 0.0819. The number of hydrogen-bond donors (Lipinski definition) is 2. The maximum atomic E-state index is 12.1. The molecule has 0 radical (unpaired) electrons. The van der Waals surface area contributed by atoms with Crippen LogP contribution < -0.4 is 15.8 Å². The SMILES string of the molecule is NC(=O)c1ccc(Nc2cccc(OCC(F)F)c2)cc1. The summed E-state index contributed by atoms with van der Waals surface area (Å²) in [5, 5.41) is 3.08. The van der Waals surface area contributed by atoms with Crippen molar-refractivity contribution in [2.45, 2.75) is 6.43 Å². The molecule has 0 bridgehead atoms. The summed E-state index contributed by atoms with van der Waals surface area (Å²) in [5.74, 6) is -0.141. The molecule has 2 rings (SSSR count). The number of halogens is 2. The summed E-state index contributed by atoms with van der Waals surface area (Å²) < 4.78 is 29.1. The van der Waals surface area contributed by atoms with E-state index in [2.05, 4.69) is 5.32 Å². The van der Waals surface area contributed by atoms with Gasteiger partial charge in [-0.05, 0) is 36.4 Å². The number of nitrogens with two attached hydrogens (primary N) is 1. The number of carbonyl (C=O) groups is 1. The van der Waals surface area contributed by atoms with Gasteiger partial charge in [0.15, 0.2) is 0 Å². The third kappa shape index (κ3) is 4.45. The number of ether oxygens (including phenoxy) is 1. The topological polar surface area (TPSA) is 64.4 Å². The number of primary amides is 1. The zero-order valence-electron chi connectivity index (χ0n) is 11.1. The highest BCUT2D eigenvalue weighted by atomic mass is 19.3. The van der Waals surface area contributed by atoms with E-state index in [4.69, 9.17) is 10.5 Å². The molecule has 2 aromatic rings. The van der Waals surface area contributed by atoms with Crippen molar-refractivity contribution in [3.05, 3.63) is 54.1 Å². The van der Waals surface area contributed by atoms with Crippen molar-refractivity contribution in [1.29, 1.82) is 0 Å². The third-order valence-corrected chi connectivity index (χ3v) is 2.67. The summed E-state index contributed by atoms with van der Waals surface area (Å²) in [5.41, 5.74) is 7.00. The number of carbonyl (C=O) groups excluding carboxylic acids is 1. The van der Waals surface area contributed by atoms with Crippen LogP contribution in [0.3, 0.4) is 0 Å². The minimum atomic E-state index is -2.51. The summed E-state index contributed by atoms with van der Waals surface area (Å²) in [4.78, 5) is 11.0. The molecule has 0 aliphatic rings. The molecule has 6 heteroatoms. The van der Waals surface area contributed by atoms with Gasteiger partial charge in [-0.3, -0.25) is 4.79 Å². The smallest absolute Gasteiger partial charge is 0.272 e. The van der Waals surface area contributed by atoms with Crippen LogP contribution in [-0.4, -0.2) is 18.9 Å². The monoisotopic (exact) mass is 292 g/mol. The van der Waals surface area contributed by atoms with Crippen molar-refractivity contribution >= 4 is 17.3 Å². The molecule has 0 unspecified atom stereocenters. The van der Waals surface area contributed by atoms with Crippen LogP contribution in [0.25, 0.3) is 0 Å². The highest BCUT2D eigenvalue weighted by molar-refractivity contribution is 5.93. The van der Waals surface area contributed by atoms with Gasteiger partial charge in [0.05, 0.1) is 0 Å². The van der Waals surface area contributed by atoms with Gasteiger partial charge in [-0.2, -0.15) is 0 Å². The average Bonchev–Trinajstić information content (AvgIpc) is 2.46.